The quantitative estimate of drug-likeness (QED) is 0.823. The normalized spacial score (nSPS) is 10.4. The molecule has 0 N–H and O–H groups in total. The van der Waals surface area contributed by atoms with Crippen LogP contribution in [0.2, 0.25) is 0 Å². The van der Waals surface area contributed by atoms with E-state index >= 15 is 0 Å². The number of benzene rings is 1. The van der Waals surface area contributed by atoms with Crippen molar-refractivity contribution < 1.29 is 0 Å². The van der Waals surface area contributed by atoms with Crippen molar-refractivity contribution in [2.24, 2.45) is 0 Å². The molecule has 0 aliphatic rings. The van der Waals surface area contributed by atoms with Crippen LogP contribution in [0.5, 0.6) is 0 Å². The summed E-state index contributed by atoms with van der Waals surface area (Å²) in [5.41, 5.74) is 2.19. The molecule has 0 saturated carbocycles. The maximum absolute atomic E-state index is 4.46. The first-order chi connectivity index (χ1) is 6.79. The van der Waals surface area contributed by atoms with Gasteiger partial charge < -0.3 is 0 Å². The first-order valence-corrected chi connectivity index (χ1v) is 6.41. The molecule has 14 heavy (non-hydrogen) atoms. The number of thiazole rings is 1. The largest absolute Gasteiger partial charge is 0.240 e. The Labute approximate surface area is 101 Å². The molecule has 2 aromatic rings. The molecule has 0 aliphatic heterocycles. The lowest BCUT2D eigenvalue weighted by atomic mass is 10.2. The summed E-state index contributed by atoms with van der Waals surface area (Å²) < 4.78 is 1.08. The molecule has 0 unspecified atom stereocenters. The first kappa shape index (κ1) is 10.2. The van der Waals surface area contributed by atoms with E-state index in [0.29, 0.717) is 5.75 Å². The minimum absolute atomic E-state index is 0.699. The number of rotatable bonds is 2. The number of hydrogen-bond acceptors (Lipinski definition) is 3. The summed E-state index contributed by atoms with van der Waals surface area (Å²) in [7, 11) is 0. The van der Waals surface area contributed by atoms with E-state index in [-0.39, 0.29) is 0 Å². The van der Waals surface area contributed by atoms with Crippen LogP contribution in [0, 0.1) is 0 Å². The van der Waals surface area contributed by atoms with Gasteiger partial charge in [0, 0.05) is 21.2 Å². The molecule has 0 amide bonds. The Bertz CT molecular complexity index is 439. The third kappa shape index (κ3) is 2.19. The van der Waals surface area contributed by atoms with Gasteiger partial charge in [-0.15, -0.1) is 11.3 Å². The predicted molar refractivity (Wildman–Crippen MR) is 67.9 cm³/mol. The topological polar surface area (TPSA) is 12.9 Å². The highest BCUT2D eigenvalue weighted by Crippen LogP contribution is 2.26. The van der Waals surface area contributed by atoms with Crippen molar-refractivity contribution >= 4 is 39.9 Å². The fourth-order valence-corrected chi connectivity index (χ4v) is 2.64. The molecule has 1 aromatic carbocycles. The summed E-state index contributed by atoms with van der Waals surface area (Å²) in [6.45, 7) is 0. The number of hydrogen-bond donors (Lipinski definition) is 1. The van der Waals surface area contributed by atoms with Crippen molar-refractivity contribution in [1.29, 1.82) is 0 Å². The average Bonchev–Trinajstić information content (AvgIpc) is 2.66. The van der Waals surface area contributed by atoms with Crippen molar-refractivity contribution in [2.75, 3.05) is 0 Å². The van der Waals surface area contributed by atoms with Crippen LogP contribution in [0.1, 0.15) is 5.69 Å². The zero-order chi connectivity index (χ0) is 9.97. The van der Waals surface area contributed by atoms with Crippen LogP contribution in [-0.4, -0.2) is 4.98 Å². The van der Waals surface area contributed by atoms with Crippen molar-refractivity contribution in [3.8, 4) is 10.6 Å². The SMILES string of the molecule is SCc1csc(-c2cccc(Br)c2)n1. The third-order valence-corrected chi connectivity index (χ3v) is 3.54. The highest BCUT2D eigenvalue weighted by Gasteiger charge is 2.03. The van der Waals surface area contributed by atoms with E-state index in [2.05, 4.69) is 45.7 Å². The molecule has 4 heteroatoms. The zero-order valence-electron chi connectivity index (χ0n) is 7.27. The molecule has 0 atom stereocenters. The van der Waals surface area contributed by atoms with E-state index in [1.165, 1.54) is 0 Å². The van der Waals surface area contributed by atoms with Crippen LogP contribution < -0.4 is 0 Å². The summed E-state index contributed by atoms with van der Waals surface area (Å²) in [6, 6.07) is 8.16. The molecule has 0 radical (unpaired) electrons. The van der Waals surface area contributed by atoms with Gasteiger partial charge in [-0.25, -0.2) is 4.98 Å². The van der Waals surface area contributed by atoms with Crippen molar-refractivity contribution in [3.63, 3.8) is 0 Å². The van der Waals surface area contributed by atoms with E-state index in [1.54, 1.807) is 11.3 Å². The Hall–Kier alpha value is -0.320. The number of halogens is 1. The van der Waals surface area contributed by atoms with Gasteiger partial charge in [-0.05, 0) is 12.1 Å². The van der Waals surface area contributed by atoms with E-state index in [9.17, 15) is 0 Å². The summed E-state index contributed by atoms with van der Waals surface area (Å²) >= 11 is 9.29. The Morgan fingerprint density at radius 1 is 1.43 bits per heavy atom. The standard InChI is InChI=1S/C10H8BrNS2/c11-8-3-1-2-7(4-8)10-12-9(5-13)6-14-10/h1-4,6,13H,5H2. The summed E-state index contributed by atoms with van der Waals surface area (Å²) in [5.74, 6) is 0.699. The number of thiol groups is 1. The van der Waals surface area contributed by atoms with E-state index in [0.717, 1.165) is 20.7 Å². The summed E-state index contributed by atoms with van der Waals surface area (Å²) in [5, 5.41) is 3.10. The van der Waals surface area contributed by atoms with Gasteiger partial charge in [0.2, 0.25) is 0 Å². The Kier molecular flexibility index (Phi) is 3.26. The van der Waals surface area contributed by atoms with Crippen LogP contribution in [0.3, 0.4) is 0 Å². The Morgan fingerprint density at radius 2 is 2.29 bits per heavy atom. The second kappa shape index (κ2) is 4.47. The molecule has 0 saturated heterocycles. The molecular weight excluding hydrogens is 278 g/mol. The maximum Gasteiger partial charge on any atom is 0.123 e. The minimum atomic E-state index is 0.699. The van der Waals surface area contributed by atoms with Crippen molar-refractivity contribution in [3.05, 3.63) is 39.8 Å². The van der Waals surface area contributed by atoms with Crippen LogP contribution in [-0.2, 0) is 5.75 Å². The van der Waals surface area contributed by atoms with E-state index < -0.39 is 0 Å². The van der Waals surface area contributed by atoms with Crippen LogP contribution in [0.25, 0.3) is 10.6 Å². The lowest BCUT2D eigenvalue weighted by Gasteiger charge is -1.96. The highest BCUT2D eigenvalue weighted by molar-refractivity contribution is 9.10. The van der Waals surface area contributed by atoms with Gasteiger partial charge in [0.15, 0.2) is 0 Å². The number of aromatic nitrogens is 1. The molecule has 1 aromatic heterocycles. The van der Waals surface area contributed by atoms with Crippen molar-refractivity contribution in [2.45, 2.75) is 5.75 Å². The summed E-state index contributed by atoms with van der Waals surface area (Å²) in [4.78, 5) is 4.46. The fourth-order valence-electron chi connectivity index (χ4n) is 1.13. The number of nitrogens with zero attached hydrogens (tertiary/aromatic N) is 1. The van der Waals surface area contributed by atoms with Gasteiger partial charge >= 0.3 is 0 Å². The molecule has 0 bridgehead atoms. The van der Waals surface area contributed by atoms with Crippen LogP contribution in [0.4, 0.5) is 0 Å². The molecule has 0 fully saturated rings. The van der Waals surface area contributed by atoms with Gasteiger partial charge in [-0.1, -0.05) is 28.1 Å². The van der Waals surface area contributed by atoms with E-state index in [1.807, 2.05) is 17.5 Å². The fraction of sp³-hybridized carbons (Fsp3) is 0.100. The predicted octanol–water partition coefficient (Wildman–Crippen LogP) is 4.00. The molecular formula is C10H8BrNS2. The van der Waals surface area contributed by atoms with Gasteiger partial charge in [0.25, 0.3) is 0 Å². The Balaban J connectivity index is 2.39. The van der Waals surface area contributed by atoms with Gasteiger partial charge in [-0.3, -0.25) is 0 Å². The maximum atomic E-state index is 4.46. The van der Waals surface area contributed by atoms with Gasteiger partial charge in [0.1, 0.15) is 5.01 Å². The van der Waals surface area contributed by atoms with E-state index in [4.69, 9.17) is 0 Å². The van der Waals surface area contributed by atoms with Crippen LogP contribution >= 0.6 is 39.9 Å². The second-order valence-corrected chi connectivity index (χ2v) is 4.90. The van der Waals surface area contributed by atoms with Gasteiger partial charge in [-0.2, -0.15) is 12.6 Å². The second-order valence-electron chi connectivity index (χ2n) is 2.81. The molecule has 72 valence electrons. The molecule has 0 spiro atoms. The molecule has 1 heterocycles. The van der Waals surface area contributed by atoms with Gasteiger partial charge in [0.05, 0.1) is 5.69 Å². The van der Waals surface area contributed by atoms with Crippen molar-refractivity contribution in [1.82, 2.24) is 4.98 Å². The average molecular weight is 286 g/mol. The molecule has 1 nitrogen and oxygen atoms in total. The Morgan fingerprint density at radius 3 is 2.93 bits per heavy atom. The monoisotopic (exact) mass is 285 g/mol. The molecule has 0 aliphatic carbocycles. The lowest BCUT2D eigenvalue weighted by molar-refractivity contribution is 1.24. The third-order valence-electron chi connectivity index (χ3n) is 1.79. The van der Waals surface area contributed by atoms with Crippen LogP contribution in [0.15, 0.2) is 34.1 Å². The first-order valence-electron chi connectivity index (χ1n) is 4.11. The molecule has 2 rings (SSSR count). The smallest absolute Gasteiger partial charge is 0.123 e. The highest BCUT2D eigenvalue weighted by atomic mass is 79.9. The lowest BCUT2D eigenvalue weighted by Crippen LogP contribution is -1.79. The minimum Gasteiger partial charge on any atom is -0.240 e. The zero-order valence-corrected chi connectivity index (χ0v) is 10.6. The summed E-state index contributed by atoms with van der Waals surface area (Å²) in [6.07, 6.45) is 0.